The second-order valence-electron chi connectivity index (χ2n) is 3.88. The number of pyridine rings is 1. The summed E-state index contributed by atoms with van der Waals surface area (Å²) in [6.45, 7) is 2.12. The highest BCUT2D eigenvalue weighted by Crippen LogP contribution is 2.29. The third-order valence-electron chi connectivity index (χ3n) is 2.67. The van der Waals surface area contributed by atoms with Crippen molar-refractivity contribution in [1.82, 2.24) is 4.98 Å². The van der Waals surface area contributed by atoms with Crippen molar-refractivity contribution in [3.05, 3.63) is 48.3 Å². The van der Waals surface area contributed by atoms with E-state index in [1.807, 2.05) is 24.3 Å². The minimum Gasteiger partial charge on any atom is -0.496 e. The topological polar surface area (TPSA) is 48.4 Å². The van der Waals surface area contributed by atoms with E-state index in [0.29, 0.717) is 12.2 Å². The van der Waals surface area contributed by atoms with Crippen molar-refractivity contribution >= 4 is 5.97 Å². The number of carbonyl (C=O) groups excluding carboxylic acids is 1. The summed E-state index contributed by atoms with van der Waals surface area (Å²) in [6, 6.07) is 9.35. The standard InChI is InChI=1S/C15H15NO3/c1-3-19-15(17)12-8-11(9-16-10-12)13-6-4-5-7-14(13)18-2/h4-10H,3H2,1-2H3. The van der Waals surface area contributed by atoms with Gasteiger partial charge in [-0.1, -0.05) is 18.2 Å². The van der Waals surface area contributed by atoms with E-state index >= 15 is 0 Å². The first-order chi connectivity index (χ1) is 9.26. The molecule has 4 nitrogen and oxygen atoms in total. The fraction of sp³-hybridized carbons (Fsp3) is 0.200. The average Bonchev–Trinajstić information content (AvgIpc) is 2.47. The van der Waals surface area contributed by atoms with Crippen LogP contribution in [0.25, 0.3) is 11.1 Å². The summed E-state index contributed by atoms with van der Waals surface area (Å²) in [7, 11) is 1.61. The minimum atomic E-state index is -0.369. The Morgan fingerprint density at radius 3 is 2.79 bits per heavy atom. The molecule has 98 valence electrons. The van der Waals surface area contributed by atoms with E-state index in [4.69, 9.17) is 9.47 Å². The lowest BCUT2D eigenvalue weighted by molar-refractivity contribution is 0.0526. The lowest BCUT2D eigenvalue weighted by Crippen LogP contribution is -2.05. The van der Waals surface area contributed by atoms with E-state index in [2.05, 4.69) is 4.98 Å². The van der Waals surface area contributed by atoms with Crippen LogP contribution < -0.4 is 4.74 Å². The Labute approximate surface area is 112 Å². The third kappa shape index (κ3) is 2.91. The van der Waals surface area contributed by atoms with Gasteiger partial charge >= 0.3 is 5.97 Å². The summed E-state index contributed by atoms with van der Waals surface area (Å²) < 4.78 is 10.3. The molecule has 0 aliphatic carbocycles. The van der Waals surface area contributed by atoms with Crippen molar-refractivity contribution in [3.8, 4) is 16.9 Å². The Kier molecular flexibility index (Phi) is 4.13. The fourth-order valence-corrected chi connectivity index (χ4v) is 1.80. The molecule has 1 heterocycles. The molecular formula is C15H15NO3. The van der Waals surface area contributed by atoms with Crippen molar-refractivity contribution in [2.45, 2.75) is 6.92 Å². The van der Waals surface area contributed by atoms with Crippen LogP contribution in [0.2, 0.25) is 0 Å². The van der Waals surface area contributed by atoms with Crippen LogP contribution in [-0.2, 0) is 4.74 Å². The molecule has 0 aliphatic heterocycles. The van der Waals surface area contributed by atoms with Gasteiger partial charge in [0, 0.05) is 23.5 Å². The van der Waals surface area contributed by atoms with E-state index < -0.39 is 0 Å². The molecule has 4 heteroatoms. The van der Waals surface area contributed by atoms with Crippen LogP contribution in [0.15, 0.2) is 42.7 Å². The molecule has 0 N–H and O–H groups in total. The Morgan fingerprint density at radius 2 is 2.05 bits per heavy atom. The van der Waals surface area contributed by atoms with Gasteiger partial charge in [-0.15, -0.1) is 0 Å². The van der Waals surface area contributed by atoms with E-state index in [1.54, 1.807) is 26.3 Å². The molecule has 0 saturated heterocycles. The zero-order valence-corrected chi connectivity index (χ0v) is 10.9. The van der Waals surface area contributed by atoms with Crippen molar-refractivity contribution in [3.63, 3.8) is 0 Å². The maximum absolute atomic E-state index is 11.7. The van der Waals surface area contributed by atoms with Crippen molar-refractivity contribution in [2.24, 2.45) is 0 Å². The lowest BCUT2D eigenvalue weighted by Gasteiger charge is -2.09. The van der Waals surface area contributed by atoms with Gasteiger partial charge in [0.2, 0.25) is 0 Å². The zero-order chi connectivity index (χ0) is 13.7. The molecule has 0 spiro atoms. The van der Waals surface area contributed by atoms with E-state index in [0.717, 1.165) is 16.9 Å². The first kappa shape index (κ1) is 13.1. The molecule has 0 amide bonds. The van der Waals surface area contributed by atoms with Gasteiger partial charge in [0.1, 0.15) is 5.75 Å². The van der Waals surface area contributed by atoms with E-state index in [1.165, 1.54) is 6.20 Å². The smallest absolute Gasteiger partial charge is 0.339 e. The average molecular weight is 257 g/mol. The van der Waals surface area contributed by atoms with Crippen LogP contribution in [0.5, 0.6) is 5.75 Å². The summed E-state index contributed by atoms with van der Waals surface area (Å²) in [5, 5.41) is 0. The molecule has 0 bridgehead atoms. The molecular weight excluding hydrogens is 242 g/mol. The SMILES string of the molecule is CCOC(=O)c1cncc(-c2ccccc2OC)c1. The number of methoxy groups -OCH3 is 1. The van der Waals surface area contributed by atoms with Gasteiger partial charge in [-0.2, -0.15) is 0 Å². The Bertz CT molecular complexity index is 581. The third-order valence-corrected chi connectivity index (χ3v) is 2.67. The van der Waals surface area contributed by atoms with E-state index in [-0.39, 0.29) is 5.97 Å². The summed E-state index contributed by atoms with van der Waals surface area (Å²) in [6.07, 6.45) is 3.19. The summed E-state index contributed by atoms with van der Waals surface area (Å²) >= 11 is 0. The summed E-state index contributed by atoms with van der Waals surface area (Å²) in [5.41, 5.74) is 2.15. The van der Waals surface area contributed by atoms with Crippen LogP contribution in [-0.4, -0.2) is 24.7 Å². The minimum absolute atomic E-state index is 0.345. The summed E-state index contributed by atoms with van der Waals surface area (Å²) in [4.78, 5) is 15.8. The highest BCUT2D eigenvalue weighted by molar-refractivity contribution is 5.90. The number of rotatable bonds is 4. The predicted octanol–water partition coefficient (Wildman–Crippen LogP) is 2.93. The highest BCUT2D eigenvalue weighted by Gasteiger charge is 2.10. The van der Waals surface area contributed by atoms with Crippen LogP contribution in [0.4, 0.5) is 0 Å². The zero-order valence-electron chi connectivity index (χ0n) is 10.9. The summed E-state index contributed by atoms with van der Waals surface area (Å²) in [5.74, 6) is 0.372. The van der Waals surface area contributed by atoms with Gasteiger partial charge in [0.15, 0.2) is 0 Å². The maximum atomic E-state index is 11.7. The van der Waals surface area contributed by atoms with Crippen molar-refractivity contribution in [2.75, 3.05) is 13.7 Å². The number of para-hydroxylation sites is 1. The molecule has 19 heavy (non-hydrogen) atoms. The molecule has 1 aromatic carbocycles. The number of aromatic nitrogens is 1. The van der Waals surface area contributed by atoms with Crippen LogP contribution >= 0.6 is 0 Å². The number of hydrogen-bond donors (Lipinski definition) is 0. The van der Waals surface area contributed by atoms with Gasteiger partial charge in [-0.05, 0) is 19.1 Å². The largest absolute Gasteiger partial charge is 0.496 e. The molecule has 2 aromatic rings. The van der Waals surface area contributed by atoms with Crippen LogP contribution in [0.1, 0.15) is 17.3 Å². The van der Waals surface area contributed by atoms with Gasteiger partial charge in [0.25, 0.3) is 0 Å². The fourth-order valence-electron chi connectivity index (χ4n) is 1.80. The number of nitrogens with zero attached hydrogens (tertiary/aromatic N) is 1. The van der Waals surface area contributed by atoms with Crippen molar-refractivity contribution < 1.29 is 14.3 Å². The number of hydrogen-bond acceptors (Lipinski definition) is 4. The normalized spacial score (nSPS) is 10.0. The molecule has 0 unspecified atom stereocenters. The van der Waals surface area contributed by atoms with Gasteiger partial charge in [-0.25, -0.2) is 4.79 Å². The second kappa shape index (κ2) is 6.00. The molecule has 0 atom stereocenters. The van der Waals surface area contributed by atoms with Gasteiger partial charge in [0.05, 0.1) is 19.3 Å². The first-order valence-corrected chi connectivity index (χ1v) is 6.01. The molecule has 0 fully saturated rings. The molecule has 0 radical (unpaired) electrons. The Hall–Kier alpha value is -2.36. The van der Waals surface area contributed by atoms with E-state index in [9.17, 15) is 4.79 Å². The van der Waals surface area contributed by atoms with Gasteiger partial charge < -0.3 is 9.47 Å². The molecule has 0 aliphatic rings. The number of ether oxygens (including phenoxy) is 2. The maximum Gasteiger partial charge on any atom is 0.339 e. The van der Waals surface area contributed by atoms with Crippen molar-refractivity contribution in [1.29, 1.82) is 0 Å². The monoisotopic (exact) mass is 257 g/mol. The molecule has 1 aromatic heterocycles. The Balaban J connectivity index is 2.40. The van der Waals surface area contributed by atoms with Gasteiger partial charge in [-0.3, -0.25) is 4.98 Å². The predicted molar refractivity (Wildman–Crippen MR) is 72.2 cm³/mol. The number of carbonyl (C=O) groups is 1. The highest BCUT2D eigenvalue weighted by atomic mass is 16.5. The lowest BCUT2D eigenvalue weighted by atomic mass is 10.1. The Morgan fingerprint density at radius 1 is 1.26 bits per heavy atom. The quantitative estimate of drug-likeness (QED) is 0.790. The molecule has 0 saturated carbocycles. The van der Waals surface area contributed by atoms with Crippen LogP contribution in [0, 0.1) is 0 Å². The first-order valence-electron chi connectivity index (χ1n) is 6.01. The number of benzene rings is 1. The second-order valence-corrected chi connectivity index (χ2v) is 3.88. The molecule has 2 rings (SSSR count). The number of esters is 1. The van der Waals surface area contributed by atoms with Crippen LogP contribution in [0.3, 0.4) is 0 Å².